The molecule has 1 aromatic carbocycles. The van der Waals surface area contributed by atoms with Crippen molar-refractivity contribution in [1.29, 1.82) is 0 Å². The Balaban J connectivity index is 1.49. The second kappa shape index (κ2) is 8.41. The van der Waals surface area contributed by atoms with E-state index in [9.17, 15) is 9.59 Å². The van der Waals surface area contributed by atoms with Crippen molar-refractivity contribution >= 4 is 29.3 Å². The van der Waals surface area contributed by atoms with Crippen LogP contribution < -0.4 is 10.6 Å². The summed E-state index contributed by atoms with van der Waals surface area (Å²) in [6, 6.07) is 6.96. The largest absolute Gasteiger partial charge is 0.480 e. The third-order valence-electron chi connectivity index (χ3n) is 4.67. The number of halogens is 1. The van der Waals surface area contributed by atoms with Crippen LogP contribution in [0.1, 0.15) is 19.8 Å². The highest BCUT2D eigenvalue weighted by molar-refractivity contribution is 6.32. The molecule has 8 nitrogen and oxygen atoms in total. The first kappa shape index (κ1) is 19.2. The Morgan fingerprint density at radius 1 is 1.41 bits per heavy atom. The van der Waals surface area contributed by atoms with Crippen LogP contribution in [-0.2, 0) is 4.79 Å². The minimum atomic E-state index is -0.832. The normalized spacial score (nSPS) is 18.8. The zero-order chi connectivity index (χ0) is 19.4. The second-order valence-corrected chi connectivity index (χ2v) is 6.90. The summed E-state index contributed by atoms with van der Waals surface area (Å²) in [5, 5.41) is 19.2. The van der Waals surface area contributed by atoms with E-state index in [1.54, 1.807) is 41.3 Å². The Morgan fingerprint density at radius 3 is 2.78 bits per heavy atom. The minimum absolute atomic E-state index is 0.0290. The van der Waals surface area contributed by atoms with Crippen molar-refractivity contribution in [3.8, 4) is 5.69 Å². The third kappa shape index (κ3) is 4.78. The molecule has 0 bridgehead atoms. The summed E-state index contributed by atoms with van der Waals surface area (Å²) in [4.78, 5) is 24.9. The molecule has 0 aliphatic heterocycles. The van der Waals surface area contributed by atoms with Gasteiger partial charge in [-0.3, -0.25) is 9.69 Å². The van der Waals surface area contributed by atoms with Crippen LogP contribution >= 0.6 is 11.6 Å². The number of carbonyl (C=O) groups is 2. The van der Waals surface area contributed by atoms with E-state index in [0.29, 0.717) is 17.3 Å². The Labute approximate surface area is 162 Å². The standard InChI is InChI=1S/C18H22ClN5O3/c1-2-23(11-17(25)26)14-8-13(9-14)22-18(27)21-12-4-5-16(15(19)10-12)24-7-3-6-20-24/h3-7,10,13-14H,2,8-9,11H2,1H3,(H,25,26)(H2,21,22,27). The SMILES string of the molecule is CCN(CC(=O)O)C1CC(NC(=O)Nc2ccc(-n3cccn3)c(Cl)c2)C1. The van der Waals surface area contributed by atoms with Crippen molar-refractivity contribution in [2.75, 3.05) is 18.4 Å². The number of carbonyl (C=O) groups excluding carboxylic acids is 1. The van der Waals surface area contributed by atoms with E-state index in [1.807, 2.05) is 11.8 Å². The average Bonchev–Trinajstić information content (AvgIpc) is 3.10. The molecule has 2 amide bonds. The number of benzene rings is 1. The molecule has 1 fully saturated rings. The van der Waals surface area contributed by atoms with Gasteiger partial charge in [-0.15, -0.1) is 0 Å². The van der Waals surface area contributed by atoms with Crippen LogP contribution in [-0.4, -0.2) is 57.0 Å². The Hall–Kier alpha value is -2.58. The molecule has 1 aliphatic rings. The summed E-state index contributed by atoms with van der Waals surface area (Å²) < 4.78 is 1.65. The lowest BCUT2D eigenvalue weighted by atomic mass is 9.85. The number of urea groups is 1. The highest BCUT2D eigenvalue weighted by Gasteiger charge is 2.34. The van der Waals surface area contributed by atoms with Gasteiger partial charge in [0, 0.05) is 30.2 Å². The number of carboxylic acids is 1. The van der Waals surface area contributed by atoms with Crippen LogP contribution in [0.2, 0.25) is 5.02 Å². The van der Waals surface area contributed by atoms with E-state index in [1.165, 1.54) is 0 Å². The van der Waals surface area contributed by atoms with Gasteiger partial charge in [-0.25, -0.2) is 9.48 Å². The molecule has 1 saturated carbocycles. The molecule has 3 rings (SSSR count). The first-order valence-corrected chi connectivity index (χ1v) is 9.17. The van der Waals surface area contributed by atoms with Gasteiger partial charge in [0.1, 0.15) is 0 Å². The van der Waals surface area contributed by atoms with Crippen molar-refractivity contribution in [2.45, 2.75) is 31.8 Å². The predicted molar refractivity (Wildman–Crippen MR) is 102 cm³/mol. The van der Waals surface area contributed by atoms with Crippen LogP contribution in [0.3, 0.4) is 0 Å². The molecule has 2 aromatic rings. The highest BCUT2D eigenvalue weighted by Crippen LogP contribution is 2.26. The number of aromatic nitrogens is 2. The summed E-state index contributed by atoms with van der Waals surface area (Å²) in [7, 11) is 0. The van der Waals surface area contributed by atoms with Crippen LogP contribution in [0.25, 0.3) is 5.69 Å². The molecule has 0 saturated heterocycles. The maximum atomic E-state index is 12.2. The first-order valence-electron chi connectivity index (χ1n) is 8.79. The average molecular weight is 392 g/mol. The van der Waals surface area contributed by atoms with E-state index in [4.69, 9.17) is 16.7 Å². The zero-order valence-electron chi connectivity index (χ0n) is 14.9. The van der Waals surface area contributed by atoms with Crippen molar-refractivity contribution < 1.29 is 14.7 Å². The number of nitrogens with one attached hydrogen (secondary N) is 2. The highest BCUT2D eigenvalue weighted by atomic mass is 35.5. The fourth-order valence-electron chi connectivity index (χ4n) is 3.21. The number of amides is 2. The molecule has 144 valence electrons. The van der Waals surface area contributed by atoms with Crippen LogP contribution in [0, 0.1) is 0 Å². The van der Waals surface area contributed by atoms with Gasteiger partial charge in [-0.05, 0) is 43.7 Å². The Morgan fingerprint density at radius 2 is 2.19 bits per heavy atom. The smallest absolute Gasteiger partial charge is 0.319 e. The van der Waals surface area contributed by atoms with Gasteiger partial charge in [0.25, 0.3) is 0 Å². The summed E-state index contributed by atoms with van der Waals surface area (Å²) in [5.41, 5.74) is 1.32. The number of carboxylic acid groups (broad SMARTS) is 1. The van der Waals surface area contributed by atoms with Crippen LogP contribution in [0.5, 0.6) is 0 Å². The number of anilines is 1. The lowest BCUT2D eigenvalue weighted by Crippen LogP contribution is -2.55. The Bertz CT molecular complexity index is 805. The van der Waals surface area contributed by atoms with Gasteiger partial charge in [0.2, 0.25) is 0 Å². The second-order valence-electron chi connectivity index (χ2n) is 6.49. The number of rotatable bonds is 7. The van der Waals surface area contributed by atoms with Crippen LogP contribution in [0.4, 0.5) is 10.5 Å². The molecular formula is C18H22ClN5O3. The summed E-state index contributed by atoms with van der Waals surface area (Å²) in [6.45, 7) is 2.64. The van der Waals surface area contributed by atoms with E-state index in [2.05, 4.69) is 15.7 Å². The van der Waals surface area contributed by atoms with Gasteiger partial charge in [0.05, 0.1) is 17.3 Å². The van der Waals surface area contributed by atoms with Crippen molar-refractivity contribution in [3.63, 3.8) is 0 Å². The molecule has 0 radical (unpaired) electrons. The molecule has 0 unspecified atom stereocenters. The number of aliphatic carboxylic acids is 1. The number of nitrogens with zero attached hydrogens (tertiary/aromatic N) is 3. The number of likely N-dealkylation sites (N-methyl/N-ethyl adjacent to an activating group) is 1. The fourth-order valence-corrected chi connectivity index (χ4v) is 3.48. The van der Waals surface area contributed by atoms with E-state index in [0.717, 1.165) is 18.5 Å². The van der Waals surface area contributed by atoms with Gasteiger partial charge < -0.3 is 15.7 Å². The first-order chi connectivity index (χ1) is 13.0. The van der Waals surface area contributed by atoms with Gasteiger partial charge in [0.15, 0.2) is 0 Å². The number of hydrogen-bond donors (Lipinski definition) is 3. The number of hydrogen-bond acceptors (Lipinski definition) is 4. The van der Waals surface area contributed by atoms with E-state index < -0.39 is 5.97 Å². The molecule has 1 heterocycles. The molecule has 0 atom stereocenters. The summed E-state index contributed by atoms with van der Waals surface area (Å²) in [6.07, 6.45) is 4.94. The quantitative estimate of drug-likeness (QED) is 0.673. The topological polar surface area (TPSA) is 99.5 Å². The molecular weight excluding hydrogens is 370 g/mol. The van der Waals surface area contributed by atoms with Crippen molar-refractivity contribution in [1.82, 2.24) is 20.0 Å². The molecule has 27 heavy (non-hydrogen) atoms. The maximum Gasteiger partial charge on any atom is 0.319 e. The van der Waals surface area contributed by atoms with Crippen molar-refractivity contribution in [3.05, 3.63) is 41.7 Å². The van der Waals surface area contributed by atoms with Gasteiger partial charge in [-0.2, -0.15) is 5.10 Å². The minimum Gasteiger partial charge on any atom is -0.480 e. The van der Waals surface area contributed by atoms with E-state index in [-0.39, 0.29) is 24.7 Å². The zero-order valence-corrected chi connectivity index (χ0v) is 15.7. The van der Waals surface area contributed by atoms with Crippen LogP contribution in [0.15, 0.2) is 36.7 Å². The fraction of sp³-hybridized carbons (Fsp3) is 0.389. The lowest BCUT2D eigenvalue weighted by molar-refractivity contribution is -0.139. The Kier molecular flexibility index (Phi) is 5.98. The monoisotopic (exact) mass is 391 g/mol. The lowest BCUT2D eigenvalue weighted by Gasteiger charge is -2.42. The molecule has 3 N–H and O–H groups in total. The van der Waals surface area contributed by atoms with Crippen molar-refractivity contribution in [2.24, 2.45) is 0 Å². The maximum absolute atomic E-state index is 12.2. The summed E-state index contributed by atoms with van der Waals surface area (Å²) in [5.74, 6) is -0.832. The van der Waals surface area contributed by atoms with Gasteiger partial charge in [-0.1, -0.05) is 18.5 Å². The third-order valence-corrected chi connectivity index (χ3v) is 4.97. The molecule has 9 heteroatoms. The molecule has 0 spiro atoms. The summed E-state index contributed by atoms with van der Waals surface area (Å²) >= 11 is 6.27. The molecule has 1 aromatic heterocycles. The van der Waals surface area contributed by atoms with Gasteiger partial charge >= 0.3 is 12.0 Å². The van der Waals surface area contributed by atoms with E-state index >= 15 is 0 Å². The predicted octanol–water partition coefficient (Wildman–Crippen LogP) is 2.58. The molecule has 1 aliphatic carbocycles.